The number of nitriles is 1. The second-order valence-electron chi connectivity index (χ2n) is 5.62. The number of carbonyl (C=O) groups excluding carboxylic acids is 1. The number of rotatable bonds is 6. The van der Waals surface area contributed by atoms with Crippen LogP contribution in [0.25, 0.3) is 11.0 Å². The molecule has 5 nitrogen and oxygen atoms in total. The standard InChI is InChI=1S/C20H16BrNO4/c1-2-24-19(23)10-15-4-3-13(11-22)9-18(15)26-12-14-7-16-5-6-25-20(16)17(21)8-14/h3-9H,2,10,12H2,1H3. The number of hydrogen-bond donors (Lipinski definition) is 0. The number of hydrogen-bond acceptors (Lipinski definition) is 5. The first-order chi connectivity index (χ1) is 12.6. The topological polar surface area (TPSA) is 72.5 Å². The highest BCUT2D eigenvalue weighted by molar-refractivity contribution is 9.10. The Bertz CT molecular complexity index is 987. The molecule has 0 N–H and O–H groups in total. The van der Waals surface area contributed by atoms with Gasteiger partial charge in [0, 0.05) is 10.9 Å². The molecule has 0 aliphatic rings. The van der Waals surface area contributed by atoms with E-state index in [1.807, 2.05) is 18.2 Å². The van der Waals surface area contributed by atoms with Crippen molar-refractivity contribution < 1.29 is 18.7 Å². The van der Waals surface area contributed by atoms with Gasteiger partial charge in [-0.25, -0.2) is 0 Å². The Morgan fingerprint density at radius 2 is 2.12 bits per heavy atom. The third-order valence-corrected chi connectivity index (χ3v) is 4.39. The van der Waals surface area contributed by atoms with E-state index in [2.05, 4.69) is 22.0 Å². The summed E-state index contributed by atoms with van der Waals surface area (Å²) in [5.41, 5.74) is 2.88. The number of carbonyl (C=O) groups is 1. The summed E-state index contributed by atoms with van der Waals surface area (Å²) >= 11 is 3.49. The van der Waals surface area contributed by atoms with E-state index in [1.165, 1.54) is 0 Å². The first-order valence-electron chi connectivity index (χ1n) is 8.07. The van der Waals surface area contributed by atoms with E-state index in [0.29, 0.717) is 30.1 Å². The van der Waals surface area contributed by atoms with Crippen molar-refractivity contribution >= 4 is 32.9 Å². The van der Waals surface area contributed by atoms with E-state index < -0.39 is 0 Å². The van der Waals surface area contributed by atoms with Crippen molar-refractivity contribution in [2.24, 2.45) is 0 Å². The van der Waals surface area contributed by atoms with Gasteiger partial charge in [0.05, 0.1) is 35.4 Å². The van der Waals surface area contributed by atoms with Gasteiger partial charge in [0.25, 0.3) is 0 Å². The van der Waals surface area contributed by atoms with Crippen LogP contribution in [0.15, 0.2) is 51.6 Å². The number of nitrogens with zero attached hydrogens (tertiary/aromatic N) is 1. The molecule has 0 aliphatic carbocycles. The first kappa shape index (κ1) is 18.0. The Balaban J connectivity index is 1.82. The van der Waals surface area contributed by atoms with Gasteiger partial charge in [0.15, 0.2) is 0 Å². The molecule has 3 rings (SSSR count). The molecular formula is C20H16BrNO4. The predicted molar refractivity (Wildman–Crippen MR) is 99.7 cm³/mol. The lowest BCUT2D eigenvalue weighted by Crippen LogP contribution is -2.09. The van der Waals surface area contributed by atoms with Gasteiger partial charge < -0.3 is 13.9 Å². The van der Waals surface area contributed by atoms with Gasteiger partial charge in [-0.05, 0) is 58.7 Å². The Morgan fingerprint density at radius 3 is 2.88 bits per heavy atom. The molecule has 0 atom stereocenters. The van der Waals surface area contributed by atoms with Crippen molar-refractivity contribution in [2.45, 2.75) is 20.0 Å². The van der Waals surface area contributed by atoms with E-state index in [4.69, 9.17) is 19.2 Å². The average Bonchev–Trinajstić information content (AvgIpc) is 3.10. The van der Waals surface area contributed by atoms with Crippen LogP contribution in [-0.2, 0) is 22.6 Å². The molecule has 3 aromatic rings. The van der Waals surface area contributed by atoms with Crippen LogP contribution >= 0.6 is 15.9 Å². The van der Waals surface area contributed by atoms with Crippen LogP contribution in [0.2, 0.25) is 0 Å². The average molecular weight is 414 g/mol. The molecule has 2 aromatic carbocycles. The summed E-state index contributed by atoms with van der Waals surface area (Å²) in [6.45, 7) is 2.38. The van der Waals surface area contributed by atoms with Gasteiger partial charge in [-0.1, -0.05) is 6.07 Å². The molecule has 0 spiro atoms. The van der Waals surface area contributed by atoms with Crippen LogP contribution in [0.4, 0.5) is 0 Å². The maximum atomic E-state index is 11.8. The first-order valence-corrected chi connectivity index (χ1v) is 8.87. The van der Waals surface area contributed by atoms with Crippen LogP contribution in [0.1, 0.15) is 23.6 Å². The van der Waals surface area contributed by atoms with Crippen molar-refractivity contribution in [3.05, 3.63) is 63.8 Å². The molecule has 0 radical (unpaired) electrons. The summed E-state index contributed by atoms with van der Waals surface area (Å²) in [5.74, 6) is 0.171. The second kappa shape index (κ2) is 8.07. The third kappa shape index (κ3) is 4.06. The molecule has 1 heterocycles. The second-order valence-corrected chi connectivity index (χ2v) is 6.48. The van der Waals surface area contributed by atoms with Crippen molar-refractivity contribution in [3.63, 3.8) is 0 Å². The molecule has 0 bridgehead atoms. The lowest BCUT2D eigenvalue weighted by molar-refractivity contribution is -0.142. The zero-order chi connectivity index (χ0) is 18.5. The minimum atomic E-state index is -0.329. The molecule has 0 amide bonds. The predicted octanol–water partition coefficient (Wildman–Crippen LogP) is 4.75. The van der Waals surface area contributed by atoms with Crippen molar-refractivity contribution in [3.8, 4) is 11.8 Å². The van der Waals surface area contributed by atoms with Crippen LogP contribution in [0.5, 0.6) is 5.75 Å². The fourth-order valence-corrected chi connectivity index (χ4v) is 3.23. The minimum absolute atomic E-state index is 0.0966. The molecule has 0 saturated heterocycles. The maximum Gasteiger partial charge on any atom is 0.310 e. The summed E-state index contributed by atoms with van der Waals surface area (Å²) in [5, 5.41) is 10.1. The summed E-state index contributed by atoms with van der Waals surface area (Å²) in [6, 6.07) is 12.9. The monoisotopic (exact) mass is 413 g/mol. The molecule has 6 heteroatoms. The number of fused-ring (bicyclic) bond motifs is 1. The Kier molecular flexibility index (Phi) is 5.59. The van der Waals surface area contributed by atoms with E-state index in [1.54, 1.807) is 31.4 Å². The number of furan rings is 1. The van der Waals surface area contributed by atoms with Crippen LogP contribution in [0, 0.1) is 11.3 Å². The van der Waals surface area contributed by atoms with Crippen LogP contribution in [0.3, 0.4) is 0 Å². The molecule has 26 heavy (non-hydrogen) atoms. The van der Waals surface area contributed by atoms with Gasteiger partial charge >= 0.3 is 5.97 Å². The van der Waals surface area contributed by atoms with Gasteiger partial charge in [-0.3, -0.25) is 4.79 Å². The molecule has 0 aliphatic heterocycles. The van der Waals surface area contributed by atoms with Gasteiger partial charge in [-0.15, -0.1) is 0 Å². The van der Waals surface area contributed by atoms with Gasteiger partial charge in [0.1, 0.15) is 17.9 Å². The number of ether oxygens (including phenoxy) is 2. The SMILES string of the molecule is CCOC(=O)Cc1ccc(C#N)cc1OCc1cc(Br)c2occc2c1. The summed E-state index contributed by atoms with van der Waals surface area (Å²) in [6.07, 6.45) is 1.73. The fourth-order valence-electron chi connectivity index (χ4n) is 2.61. The molecule has 0 fully saturated rings. The number of benzene rings is 2. The highest BCUT2D eigenvalue weighted by atomic mass is 79.9. The zero-order valence-electron chi connectivity index (χ0n) is 14.1. The summed E-state index contributed by atoms with van der Waals surface area (Å²) in [7, 11) is 0. The maximum absolute atomic E-state index is 11.8. The quantitative estimate of drug-likeness (QED) is 0.545. The van der Waals surface area contributed by atoms with Gasteiger partial charge in [-0.2, -0.15) is 5.26 Å². The number of halogens is 1. The molecule has 0 saturated carbocycles. The lowest BCUT2D eigenvalue weighted by atomic mass is 10.1. The van der Waals surface area contributed by atoms with Crippen molar-refractivity contribution in [2.75, 3.05) is 6.61 Å². The normalized spacial score (nSPS) is 10.5. The number of esters is 1. The van der Waals surface area contributed by atoms with Crippen molar-refractivity contribution in [1.29, 1.82) is 5.26 Å². The van der Waals surface area contributed by atoms with E-state index in [-0.39, 0.29) is 12.4 Å². The minimum Gasteiger partial charge on any atom is -0.489 e. The van der Waals surface area contributed by atoms with Crippen LogP contribution < -0.4 is 4.74 Å². The Morgan fingerprint density at radius 1 is 1.27 bits per heavy atom. The highest BCUT2D eigenvalue weighted by Gasteiger charge is 2.12. The van der Waals surface area contributed by atoms with Crippen LogP contribution in [-0.4, -0.2) is 12.6 Å². The van der Waals surface area contributed by atoms with E-state index >= 15 is 0 Å². The van der Waals surface area contributed by atoms with Gasteiger partial charge in [0.2, 0.25) is 0 Å². The lowest BCUT2D eigenvalue weighted by Gasteiger charge is -2.12. The van der Waals surface area contributed by atoms with E-state index in [0.717, 1.165) is 21.0 Å². The Hall–Kier alpha value is -2.78. The highest BCUT2D eigenvalue weighted by Crippen LogP contribution is 2.28. The summed E-state index contributed by atoms with van der Waals surface area (Å²) < 4.78 is 17.2. The zero-order valence-corrected chi connectivity index (χ0v) is 15.7. The van der Waals surface area contributed by atoms with E-state index in [9.17, 15) is 4.79 Å². The molecular weight excluding hydrogens is 398 g/mol. The third-order valence-electron chi connectivity index (χ3n) is 3.80. The largest absolute Gasteiger partial charge is 0.489 e. The Labute approximate surface area is 159 Å². The summed E-state index contributed by atoms with van der Waals surface area (Å²) in [4.78, 5) is 11.8. The van der Waals surface area contributed by atoms with Crippen molar-refractivity contribution in [1.82, 2.24) is 0 Å². The molecule has 1 aromatic heterocycles. The fraction of sp³-hybridized carbons (Fsp3) is 0.200. The molecule has 132 valence electrons. The smallest absolute Gasteiger partial charge is 0.310 e. The molecule has 0 unspecified atom stereocenters.